The highest BCUT2D eigenvalue weighted by Gasteiger charge is 2.41. The molecule has 1 N–H and O–H groups in total. The Morgan fingerprint density at radius 3 is 2.45 bits per heavy atom. The van der Waals surface area contributed by atoms with Crippen molar-refractivity contribution in [2.45, 2.75) is 18.3 Å². The van der Waals surface area contributed by atoms with Gasteiger partial charge in [-0.15, -0.1) is 15.3 Å². The van der Waals surface area contributed by atoms with Gasteiger partial charge in [0.2, 0.25) is 11.8 Å². The summed E-state index contributed by atoms with van der Waals surface area (Å²) in [6.07, 6.45) is 1.33. The summed E-state index contributed by atoms with van der Waals surface area (Å²) in [6.45, 7) is 1.83. The van der Waals surface area contributed by atoms with E-state index in [0.29, 0.717) is 56.6 Å². The minimum Gasteiger partial charge on any atom is -0.475 e. The average molecular weight is 444 g/mol. The molecule has 0 spiro atoms. The molecule has 0 bridgehead atoms. The van der Waals surface area contributed by atoms with Crippen LogP contribution in [0, 0.1) is 0 Å². The minimum atomic E-state index is -0.566. The van der Waals surface area contributed by atoms with Gasteiger partial charge in [-0.3, -0.25) is 4.79 Å². The van der Waals surface area contributed by atoms with Crippen molar-refractivity contribution in [1.29, 1.82) is 0 Å². The zero-order chi connectivity index (χ0) is 22.5. The molecule has 8 nitrogen and oxygen atoms in total. The van der Waals surface area contributed by atoms with Crippen molar-refractivity contribution in [3.05, 3.63) is 78.4 Å². The molecule has 1 saturated heterocycles. The molecule has 0 aliphatic carbocycles. The van der Waals surface area contributed by atoms with E-state index < -0.39 is 5.41 Å². The predicted molar refractivity (Wildman–Crippen MR) is 123 cm³/mol. The maximum atomic E-state index is 13.2. The maximum Gasteiger partial charge on any atom is 0.231 e. The number of ether oxygens (including phenoxy) is 2. The minimum absolute atomic E-state index is 0.00850. The number of nitrogens with zero attached hydrogens (tertiary/aromatic N) is 4. The van der Waals surface area contributed by atoms with Crippen LogP contribution in [0.25, 0.3) is 17.0 Å². The largest absolute Gasteiger partial charge is 0.475 e. The normalized spacial score (nSPS) is 15.3. The highest BCUT2D eigenvalue weighted by molar-refractivity contribution is 5.88. The van der Waals surface area contributed by atoms with E-state index in [9.17, 15) is 4.79 Å². The SMILES string of the molecule is O=C(NCCOc1ccc2nnc(-c3ccccc3)n2n1)C1(c2ccccc2)CCOCC1. The Morgan fingerprint density at radius 2 is 1.70 bits per heavy atom. The Balaban J connectivity index is 1.24. The first-order valence-electron chi connectivity index (χ1n) is 11.1. The van der Waals surface area contributed by atoms with Gasteiger partial charge >= 0.3 is 0 Å². The first kappa shape index (κ1) is 21.1. The van der Waals surface area contributed by atoms with Crippen LogP contribution in [-0.2, 0) is 14.9 Å². The molecule has 2 aromatic heterocycles. The van der Waals surface area contributed by atoms with Crippen molar-refractivity contribution < 1.29 is 14.3 Å². The lowest BCUT2D eigenvalue weighted by Crippen LogP contribution is -2.48. The lowest BCUT2D eigenvalue weighted by molar-refractivity contribution is -0.130. The van der Waals surface area contributed by atoms with E-state index in [1.165, 1.54) is 0 Å². The number of rotatable bonds is 7. The fourth-order valence-corrected chi connectivity index (χ4v) is 4.23. The smallest absolute Gasteiger partial charge is 0.231 e. The second-order valence-electron chi connectivity index (χ2n) is 8.00. The highest BCUT2D eigenvalue weighted by atomic mass is 16.5. The molecule has 4 aromatic rings. The van der Waals surface area contributed by atoms with Gasteiger partial charge in [-0.2, -0.15) is 4.52 Å². The van der Waals surface area contributed by atoms with Crippen LogP contribution >= 0.6 is 0 Å². The van der Waals surface area contributed by atoms with Crippen LogP contribution in [0.4, 0.5) is 0 Å². The summed E-state index contributed by atoms with van der Waals surface area (Å²) in [5, 5.41) is 16.0. The third-order valence-electron chi connectivity index (χ3n) is 6.02. The van der Waals surface area contributed by atoms with Crippen molar-refractivity contribution in [2.24, 2.45) is 0 Å². The van der Waals surface area contributed by atoms with Gasteiger partial charge in [0.1, 0.15) is 6.61 Å². The summed E-state index contributed by atoms with van der Waals surface area (Å²) in [5.41, 5.74) is 2.02. The Hall–Kier alpha value is -3.78. The van der Waals surface area contributed by atoms with E-state index in [1.807, 2.05) is 66.7 Å². The summed E-state index contributed by atoms with van der Waals surface area (Å²) < 4.78 is 13.0. The molecule has 168 valence electrons. The Morgan fingerprint density at radius 1 is 0.970 bits per heavy atom. The van der Waals surface area contributed by atoms with Gasteiger partial charge in [-0.1, -0.05) is 60.7 Å². The van der Waals surface area contributed by atoms with Crippen molar-refractivity contribution in [3.8, 4) is 17.3 Å². The van der Waals surface area contributed by atoms with Crippen molar-refractivity contribution in [2.75, 3.05) is 26.4 Å². The number of hydrogen-bond acceptors (Lipinski definition) is 6. The van der Waals surface area contributed by atoms with E-state index in [4.69, 9.17) is 9.47 Å². The van der Waals surface area contributed by atoms with Crippen LogP contribution in [0.1, 0.15) is 18.4 Å². The maximum absolute atomic E-state index is 13.2. The Labute approximate surface area is 191 Å². The molecule has 2 aromatic carbocycles. The zero-order valence-corrected chi connectivity index (χ0v) is 18.2. The molecule has 3 heterocycles. The molecule has 1 aliphatic rings. The quantitative estimate of drug-likeness (QED) is 0.442. The fourth-order valence-electron chi connectivity index (χ4n) is 4.23. The number of nitrogens with one attached hydrogen (secondary N) is 1. The standard InChI is InChI=1S/C25H25N5O3/c31-24(25(13-16-32-17-14-25)20-9-5-2-6-10-20)26-15-18-33-22-12-11-21-27-28-23(30(21)29-22)19-7-3-1-4-8-19/h1-12H,13-18H2,(H,26,31). The summed E-state index contributed by atoms with van der Waals surface area (Å²) in [5.74, 6) is 1.10. The average Bonchev–Trinajstić information content (AvgIpc) is 3.31. The number of fused-ring (bicyclic) bond motifs is 1. The lowest BCUT2D eigenvalue weighted by Gasteiger charge is -2.36. The monoisotopic (exact) mass is 443 g/mol. The van der Waals surface area contributed by atoms with Gasteiger partial charge < -0.3 is 14.8 Å². The van der Waals surface area contributed by atoms with Gasteiger partial charge in [-0.05, 0) is 24.5 Å². The van der Waals surface area contributed by atoms with Gasteiger partial charge in [0, 0.05) is 24.8 Å². The third kappa shape index (κ3) is 4.29. The van der Waals surface area contributed by atoms with Gasteiger partial charge in [-0.25, -0.2) is 0 Å². The molecule has 0 saturated carbocycles. The van der Waals surface area contributed by atoms with E-state index in [0.717, 1.165) is 11.1 Å². The summed E-state index contributed by atoms with van der Waals surface area (Å²) in [6, 6.07) is 23.3. The topological polar surface area (TPSA) is 90.6 Å². The number of carbonyl (C=O) groups excluding carboxylic acids is 1. The molecule has 0 radical (unpaired) electrons. The molecule has 0 atom stereocenters. The molecular formula is C25H25N5O3. The summed E-state index contributed by atoms with van der Waals surface area (Å²) in [7, 11) is 0. The molecule has 1 fully saturated rings. The number of carbonyl (C=O) groups is 1. The highest BCUT2D eigenvalue weighted by Crippen LogP contribution is 2.35. The Bertz CT molecular complexity index is 1220. The molecule has 5 rings (SSSR count). The fraction of sp³-hybridized carbons (Fsp3) is 0.280. The van der Waals surface area contributed by atoms with Crippen molar-refractivity contribution in [1.82, 2.24) is 25.1 Å². The van der Waals surface area contributed by atoms with Crippen LogP contribution in [0.5, 0.6) is 5.88 Å². The zero-order valence-electron chi connectivity index (χ0n) is 18.2. The number of hydrogen-bond donors (Lipinski definition) is 1. The van der Waals surface area contributed by atoms with Crippen LogP contribution in [0.15, 0.2) is 72.8 Å². The van der Waals surface area contributed by atoms with Gasteiger partial charge in [0.15, 0.2) is 11.5 Å². The molecule has 8 heteroatoms. The Kier molecular flexibility index (Phi) is 5.99. The first-order chi connectivity index (χ1) is 16.3. The summed E-state index contributed by atoms with van der Waals surface area (Å²) in [4.78, 5) is 13.2. The summed E-state index contributed by atoms with van der Waals surface area (Å²) >= 11 is 0. The van der Waals surface area contributed by atoms with Crippen LogP contribution in [-0.4, -0.2) is 52.1 Å². The second-order valence-corrected chi connectivity index (χ2v) is 8.00. The molecule has 33 heavy (non-hydrogen) atoms. The van der Waals surface area contributed by atoms with E-state index >= 15 is 0 Å². The third-order valence-corrected chi connectivity index (χ3v) is 6.02. The molecule has 1 amide bonds. The van der Waals surface area contributed by atoms with Gasteiger partial charge in [0.25, 0.3) is 0 Å². The molecular weight excluding hydrogens is 418 g/mol. The number of aromatic nitrogens is 4. The van der Waals surface area contributed by atoms with Gasteiger partial charge in [0.05, 0.1) is 12.0 Å². The van der Waals surface area contributed by atoms with Crippen LogP contribution in [0.3, 0.4) is 0 Å². The van der Waals surface area contributed by atoms with Crippen LogP contribution in [0.2, 0.25) is 0 Å². The first-order valence-corrected chi connectivity index (χ1v) is 11.1. The van der Waals surface area contributed by atoms with Crippen molar-refractivity contribution >= 4 is 11.6 Å². The lowest BCUT2D eigenvalue weighted by atomic mass is 9.73. The molecule has 0 unspecified atom stereocenters. The number of amides is 1. The number of benzene rings is 2. The van der Waals surface area contributed by atoms with E-state index in [2.05, 4.69) is 20.6 Å². The predicted octanol–water partition coefficient (Wildman–Crippen LogP) is 3.03. The van der Waals surface area contributed by atoms with Crippen LogP contribution < -0.4 is 10.1 Å². The van der Waals surface area contributed by atoms with E-state index in [-0.39, 0.29) is 5.91 Å². The second kappa shape index (κ2) is 9.38. The van der Waals surface area contributed by atoms with E-state index in [1.54, 1.807) is 10.6 Å². The molecule has 1 aliphatic heterocycles. The van der Waals surface area contributed by atoms with Crippen molar-refractivity contribution in [3.63, 3.8) is 0 Å².